The van der Waals surface area contributed by atoms with E-state index >= 15 is 4.79 Å². The summed E-state index contributed by atoms with van der Waals surface area (Å²) in [6.45, 7) is 17.9. The lowest BCUT2D eigenvalue weighted by Gasteiger charge is -2.33. The molecule has 15 N–H and O–H groups in total. The number of nitrogens with one attached hydrogen (secondary N) is 11. The molecular formula is C73H110N12O16. The molecule has 0 bridgehead atoms. The van der Waals surface area contributed by atoms with E-state index in [-0.39, 0.29) is 82.7 Å². The van der Waals surface area contributed by atoms with E-state index in [1.807, 2.05) is 50.3 Å². The van der Waals surface area contributed by atoms with Crippen molar-refractivity contribution in [1.29, 1.82) is 0 Å². The molecule has 2 aromatic carbocycles. The van der Waals surface area contributed by atoms with E-state index in [9.17, 15) is 72.5 Å². The van der Waals surface area contributed by atoms with Gasteiger partial charge in [0, 0.05) is 55.1 Å². The summed E-state index contributed by atoms with van der Waals surface area (Å²) in [5, 5.41) is 42.1. The standard InChI is InChI=1S/C72H106N12O16.CH4/c1-41(2)36-49-28-32-57(87)55(38-50-40-74-53-25-21-20-24-52(50)53)79-66(97)56(37-48-26-29-51(86)30-27-48)80-65(96)54(31-33-58(88)89)81-68(99)71(11,39-42(3)85)34-22-18-16-14-13-15-17-19-23-35-72(12,82-64(49)95)69(100)78-47(8)62(93)75-43(4)59(90)60(91)44(5)83-84-70(9,10)67(98)77-46(7)63(94)76-45(6)61(73)92;/h15,17,20-21,24-27,29-30,40-41,43-47,49,54-56,74,83-84,86H,13-14,16,18-19,22-23,28,31-39H2,1-12H3,(H2,73,92)(H,75,93)(H,76,94)(H,77,98)(H,78,100)(H,79,97)(H,80,96)(H,81,99)(H,82,95)(H,88,89);1H4/b17-15+;/t43-,44-,45+,46-,47?,49-,54-,55-,56?,71-,72-;/m0./s1. The average Bonchev–Trinajstić information content (AvgIpc) is 1.81. The highest BCUT2D eigenvalue weighted by Gasteiger charge is 2.41. The lowest BCUT2D eigenvalue weighted by Crippen LogP contribution is -2.63. The number of aliphatic carboxylic acids is 1. The van der Waals surface area contributed by atoms with Gasteiger partial charge >= 0.3 is 5.97 Å². The second kappa shape index (κ2) is 40.3. The van der Waals surface area contributed by atoms with Crippen LogP contribution in [0.15, 0.2) is 66.9 Å². The van der Waals surface area contributed by atoms with Gasteiger partial charge in [0.05, 0.1) is 23.5 Å². The number of nitrogens with two attached hydrogens (primary N) is 1. The number of para-hydroxylation sites is 1. The minimum atomic E-state index is -1.69. The molecule has 0 radical (unpaired) electrons. The van der Waals surface area contributed by atoms with Crippen molar-refractivity contribution in [2.24, 2.45) is 23.0 Å². The molecule has 0 aliphatic carbocycles. The predicted molar refractivity (Wildman–Crippen MR) is 380 cm³/mol. The maximum atomic E-state index is 15.0. The number of H-pyrrole nitrogens is 1. The summed E-state index contributed by atoms with van der Waals surface area (Å²) < 4.78 is 0. The van der Waals surface area contributed by atoms with Crippen LogP contribution in [-0.4, -0.2) is 157 Å². The Hall–Kier alpha value is -9.18. The van der Waals surface area contributed by atoms with Gasteiger partial charge < -0.3 is 63.5 Å². The summed E-state index contributed by atoms with van der Waals surface area (Å²) in [6.07, 6.45) is 8.73. The predicted octanol–water partition coefficient (Wildman–Crippen LogP) is 4.47. The van der Waals surface area contributed by atoms with Gasteiger partial charge in [0.25, 0.3) is 0 Å². The molecule has 28 heteroatoms. The molecule has 9 amide bonds. The Kier molecular flexibility index (Phi) is 34.3. The Bertz CT molecular complexity index is 3440. The smallest absolute Gasteiger partial charge is 0.303 e. The van der Waals surface area contributed by atoms with Gasteiger partial charge in [0.2, 0.25) is 64.7 Å². The molecular weight excluding hydrogens is 1300 g/mol. The number of hydrogen-bond donors (Lipinski definition) is 14. The van der Waals surface area contributed by atoms with Crippen molar-refractivity contribution in [2.45, 2.75) is 259 Å². The van der Waals surface area contributed by atoms with Crippen LogP contribution >= 0.6 is 0 Å². The number of fused-ring (bicyclic) bond motifs is 1. The lowest BCUT2D eigenvalue weighted by atomic mass is 9.79. The number of benzene rings is 2. The van der Waals surface area contributed by atoms with Crippen molar-refractivity contribution in [2.75, 3.05) is 0 Å². The molecule has 1 aliphatic rings. The number of aromatic amines is 1. The molecule has 1 aliphatic heterocycles. The number of Topliss-reactive ketones (excluding diaryl/α,β-unsaturated/α-hetero) is 4. The van der Waals surface area contributed by atoms with Crippen LogP contribution in [-0.2, 0) is 80.0 Å². The van der Waals surface area contributed by atoms with E-state index < -0.39 is 154 Å². The van der Waals surface area contributed by atoms with Gasteiger partial charge in [0.15, 0.2) is 5.78 Å². The Balaban J connectivity index is 0.0000265. The highest BCUT2D eigenvalue weighted by molar-refractivity contribution is 6.41. The van der Waals surface area contributed by atoms with Crippen LogP contribution in [0.1, 0.15) is 198 Å². The fourth-order valence-corrected chi connectivity index (χ4v) is 11.6. The zero-order chi connectivity index (χ0) is 74.8. The van der Waals surface area contributed by atoms with Gasteiger partial charge in [-0.05, 0) is 155 Å². The summed E-state index contributed by atoms with van der Waals surface area (Å²) in [4.78, 5) is 194. The van der Waals surface area contributed by atoms with Crippen molar-refractivity contribution in [3.05, 3.63) is 78.0 Å². The van der Waals surface area contributed by atoms with E-state index in [1.54, 1.807) is 13.1 Å². The maximum absolute atomic E-state index is 15.0. The molecule has 1 aromatic heterocycles. The van der Waals surface area contributed by atoms with Gasteiger partial charge in [-0.2, -0.15) is 0 Å². The van der Waals surface area contributed by atoms with Crippen molar-refractivity contribution >= 4 is 93.2 Å². The third kappa shape index (κ3) is 27.7. The van der Waals surface area contributed by atoms with Crippen molar-refractivity contribution in [3.63, 3.8) is 0 Å². The average molecular weight is 1410 g/mol. The SMILES string of the molecule is C.CC(=O)C[C@]1(C)CCCCCC/C=C/CCC[C@@](C)(C(=O)NC(C)C(=O)N[C@@H](C)C(=O)C(=O)[C@H](C)NNC(C)(C)C(=O)N[C@@H](C)C(=O)N[C@H](C)C(N)=O)NC(=O)[C@H](CC(C)C)CCC(=O)[C@H](Cc2c[nH]c3ccccc23)NC(=O)C(Cc2ccc(O)cc2)NC(=O)[C@H](CCC(=O)O)NC1=O. The number of aromatic nitrogens is 1. The first-order chi connectivity index (χ1) is 46.9. The molecule has 2 unspecified atom stereocenters. The molecule has 0 saturated heterocycles. The maximum Gasteiger partial charge on any atom is 0.303 e. The van der Waals surface area contributed by atoms with Crippen LogP contribution in [0.3, 0.4) is 0 Å². The number of ketones is 4. The van der Waals surface area contributed by atoms with E-state index in [4.69, 9.17) is 5.73 Å². The summed E-state index contributed by atoms with van der Waals surface area (Å²) >= 11 is 0. The van der Waals surface area contributed by atoms with E-state index in [2.05, 4.69) is 58.4 Å². The molecule has 101 heavy (non-hydrogen) atoms. The molecule has 4 rings (SSSR count). The number of amides is 9. The lowest BCUT2D eigenvalue weighted by molar-refractivity contribution is -0.140. The largest absolute Gasteiger partial charge is 0.508 e. The molecule has 3 aromatic rings. The second-order valence-corrected chi connectivity index (χ2v) is 28.0. The fourth-order valence-electron chi connectivity index (χ4n) is 11.6. The molecule has 0 spiro atoms. The molecule has 0 fully saturated rings. The molecule has 0 saturated carbocycles. The van der Waals surface area contributed by atoms with Crippen molar-refractivity contribution in [1.82, 2.24) is 58.4 Å². The normalized spacial score (nSPS) is 22.4. The monoisotopic (exact) mass is 1410 g/mol. The first-order valence-electron chi connectivity index (χ1n) is 34.4. The van der Waals surface area contributed by atoms with Crippen LogP contribution in [0.2, 0.25) is 0 Å². The number of aromatic hydroxyl groups is 1. The van der Waals surface area contributed by atoms with Crippen LogP contribution in [0.25, 0.3) is 10.9 Å². The number of carboxylic acid groups (broad SMARTS) is 1. The first-order valence-corrected chi connectivity index (χ1v) is 34.4. The fraction of sp³-hybridized carbons (Fsp3) is 0.589. The Morgan fingerprint density at radius 2 is 1.25 bits per heavy atom. The second-order valence-electron chi connectivity index (χ2n) is 28.0. The number of hydrazine groups is 1. The van der Waals surface area contributed by atoms with Gasteiger partial charge in [0.1, 0.15) is 52.8 Å². The Morgan fingerprint density at radius 1 is 0.663 bits per heavy atom. The van der Waals surface area contributed by atoms with Gasteiger partial charge in [-0.15, -0.1) is 0 Å². The molecule has 2 heterocycles. The third-order valence-electron chi connectivity index (χ3n) is 17.9. The van der Waals surface area contributed by atoms with Crippen LogP contribution in [0, 0.1) is 17.3 Å². The van der Waals surface area contributed by atoms with E-state index in [1.165, 1.54) is 86.6 Å². The van der Waals surface area contributed by atoms with Crippen molar-refractivity contribution < 1.29 is 77.3 Å². The zero-order valence-electron chi connectivity index (χ0n) is 59.8. The van der Waals surface area contributed by atoms with Gasteiger partial charge in [-0.25, -0.2) is 10.9 Å². The molecule has 28 nitrogen and oxygen atoms in total. The minimum Gasteiger partial charge on any atom is -0.508 e. The van der Waals surface area contributed by atoms with Crippen LogP contribution in [0.4, 0.5) is 0 Å². The molecule has 558 valence electrons. The Labute approximate surface area is 592 Å². The third-order valence-corrected chi connectivity index (χ3v) is 17.9. The van der Waals surface area contributed by atoms with Crippen molar-refractivity contribution in [3.8, 4) is 5.75 Å². The number of carbonyl (C=O) groups excluding carboxylic acids is 13. The number of phenols is 1. The molecule has 11 atom stereocenters. The number of rotatable bonds is 26. The summed E-state index contributed by atoms with van der Waals surface area (Å²) in [5.74, 6) is -11.9. The summed E-state index contributed by atoms with van der Waals surface area (Å²) in [7, 11) is 0. The van der Waals surface area contributed by atoms with Gasteiger partial charge in [-0.3, -0.25) is 67.1 Å². The number of primary amides is 1. The number of carbonyl (C=O) groups is 14. The summed E-state index contributed by atoms with van der Waals surface area (Å²) in [5.41, 5.74) is 7.91. The summed E-state index contributed by atoms with van der Waals surface area (Å²) in [6, 6.07) is 2.78. The number of hydrogen-bond acceptors (Lipinski definition) is 17. The number of phenolic OH excluding ortho intramolecular Hbond substituents is 1. The number of allylic oxidation sites excluding steroid dienone is 2. The first kappa shape index (κ1) is 86.0. The highest BCUT2D eigenvalue weighted by Crippen LogP contribution is 2.31. The highest BCUT2D eigenvalue weighted by atomic mass is 16.4. The Morgan fingerprint density at radius 3 is 1.87 bits per heavy atom. The minimum absolute atomic E-state index is 0. The van der Waals surface area contributed by atoms with Crippen LogP contribution < -0.4 is 59.1 Å². The van der Waals surface area contributed by atoms with Crippen LogP contribution in [0.5, 0.6) is 5.75 Å². The zero-order valence-corrected chi connectivity index (χ0v) is 59.8. The van der Waals surface area contributed by atoms with Gasteiger partial charge in [-0.1, -0.05) is 89.9 Å². The quantitative estimate of drug-likeness (QED) is 0.0299. The van der Waals surface area contributed by atoms with E-state index in [0.717, 1.165) is 23.7 Å². The number of carboxylic acids is 1. The van der Waals surface area contributed by atoms with E-state index in [0.29, 0.717) is 43.2 Å². The topological polar surface area (TPSA) is 442 Å².